The van der Waals surface area contributed by atoms with E-state index in [2.05, 4.69) is 15.9 Å². The number of methoxy groups -OCH3 is 1. The fraction of sp³-hybridized carbons (Fsp3) is 0.100. The maximum atomic E-state index is 14.2. The number of para-hydroxylation sites is 1. The molecular weight excluding hydrogens is 401 g/mol. The third-order valence-corrected chi connectivity index (χ3v) is 4.59. The zero-order valence-corrected chi connectivity index (χ0v) is 15.7. The van der Waals surface area contributed by atoms with Crippen molar-refractivity contribution >= 4 is 39.6 Å². The Morgan fingerprint density at radius 3 is 2.42 bits per heavy atom. The van der Waals surface area contributed by atoms with Crippen molar-refractivity contribution in [2.24, 2.45) is 0 Å². The lowest BCUT2D eigenvalue weighted by Gasteiger charge is -2.18. The van der Waals surface area contributed by atoms with Crippen LogP contribution in [0.3, 0.4) is 0 Å². The Balaban J connectivity index is 2.16. The van der Waals surface area contributed by atoms with Crippen LogP contribution >= 0.6 is 15.9 Å². The molecule has 26 heavy (non-hydrogen) atoms. The van der Waals surface area contributed by atoms with Crippen molar-refractivity contribution in [1.29, 1.82) is 0 Å². The second-order valence-electron chi connectivity index (χ2n) is 5.65. The van der Waals surface area contributed by atoms with Gasteiger partial charge in [0.05, 0.1) is 23.9 Å². The average molecular weight is 416 g/mol. The van der Waals surface area contributed by atoms with Gasteiger partial charge in [-0.05, 0) is 42.8 Å². The summed E-state index contributed by atoms with van der Waals surface area (Å²) >= 11 is 3.35. The first-order chi connectivity index (χ1) is 12.4. The molecule has 1 aliphatic rings. The van der Waals surface area contributed by atoms with E-state index in [9.17, 15) is 14.0 Å². The number of ether oxygens (including phenoxy) is 1. The lowest BCUT2D eigenvalue weighted by atomic mass is 10.0. The molecule has 3 rings (SSSR count). The first-order valence-electron chi connectivity index (χ1n) is 7.80. The maximum Gasteiger partial charge on any atom is 0.340 e. The summed E-state index contributed by atoms with van der Waals surface area (Å²) in [6.07, 6.45) is 1.60. The summed E-state index contributed by atoms with van der Waals surface area (Å²) in [5, 5.41) is 0. The van der Waals surface area contributed by atoms with Gasteiger partial charge in [0.1, 0.15) is 5.82 Å². The van der Waals surface area contributed by atoms with Crippen LogP contribution in [0.2, 0.25) is 0 Å². The molecule has 0 radical (unpaired) electrons. The predicted molar refractivity (Wildman–Crippen MR) is 101 cm³/mol. The largest absolute Gasteiger partial charge is 0.465 e. The zero-order chi connectivity index (χ0) is 18.8. The van der Waals surface area contributed by atoms with Gasteiger partial charge in [0.2, 0.25) is 0 Å². The number of hydrogen-bond acceptors (Lipinski definition) is 3. The highest BCUT2D eigenvalue weighted by atomic mass is 79.9. The zero-order valence-electron chi connectivity index (χ0n) is 14.1. The van der Waals surface area contributed by atoms with Crippen LogP contribution in [0, 0.1) is 5.82 Å². The van der Waals surface area contributed by atoms with Gasteiger partial charge in [-0.2, -0.15) is 0 Å². The first-order valence-corrected chi connectivity index (χ1v) is 8.59. The Morgan fingerprint density at radius 2 is 1.81 bits per heavy atom. The van der Waals surface area contributed by atoms with E-state index in [1.807, 2.05) is 12.1 Å². The molecule has 0 spiro atoms. The number of hydrogen-bond donors (Lipinski definition) is 0. The van der Waals surface area contributed by atoms with E-state index in [0.29, 0.717) is 5.70 Å². The Bertz CT molecular complexity index is 948. The number of amides is 1. The monoisotopic (exact) mass is 415 g/mol. The molecule has 132 valence electrons. The summed E-state index contributed by atoms with van der Waals surface area (Å²) in [5.74, 6) is -1.66. The molecule has 4 nitrogen and oxygen atoms in total. The average Bonchev–Trinajstić information content (AvgIpc) is 2.87. The molecule has 6 heteroatoms. The van der Waals surface area contributed by atoms with E-state index in [4.69, 9.17) is 4.74 Å². The van der Waals surface area contributed by atoms with Crippen molar-refractivity contribution in [3.05, 3.63) is 81.2 Å². The molecule has 0 aliphatic carbocycles. The minimum absolute atomic E-state index is 0.0932. The van der Waals surface area contributed by atoms with E-state index in [1.54, 1.807) is 31.2 Å². The highest BCUT2D eigenvalue weighted by Gasteiger charge is 2.38. The number of rotatable bonds is 3. The topological polar surface area (TPSA) is 46.6 Å². The minimum atomic E-state index is -0.641. The molecule has 1 amide bonds. The summed E-state index contributed by atoms with van der Waals surface area (Å²) in [6, 6.07) is 13.2. The van der Waals surface area contributed by atoms with Gasteiger partial charge in [0.25, 0.3) is 5.91 Å². The predicted octanol–water partition coefficient (Wildman–Crippen LogP) is 4.47. The van der Waals surface area contributed by atoms with Gasteiger partial charge in [0, 0.05) is 10.2 Å². The van der Waals surface area contributed by atoms with Gasteiger partial charge in [-0.15, -0.1) is 0 Å². The van der Waals surface area contributed by atoms with Gasteiger partial charge in [-0.1, -0.05) is 40.2 Å². The molecule has 0 aromatic heterocycles. The van der Waals surface area contributed by atoms with Crippen LogP contribution in [0.5, 0.6) is 0 Å². The number of carbonyl (C=O) groups excluding carboxylic acids is 2. The highest BCUT2D eigenvalue weighted by molar-refractivity contribution is 9.10. The molecule has 2 aromatic rings. The second-order valence-corrected chi connectivity index (χ2v) is 6.57. The summed E-state index contributed by atoms with van der Waals surface area (Å²) in [6.45, 7) is 1.60. The van der Waals surface area contributed by atoms with E-state index in [1.165, 1.54) is 30.2 Å². The SMILES string of the molecule is COC(=O)C1=C(C)N(c2ccccc2F)C(=O)C1=Cc1ccc(Br)cc1. The van der Waals surface area contributed by atoms with Crippen LogP contribution in [0.4, 0.5) is 10.1 Å². The fourth-order valence-corrected chi connectivity index (χ4v) is 3.09. The van der Waals surface area contributed by atoms with Gasteiger partial charge >= 0.3 is 5.97 Å². The maximum absolute atomic E-state index is 14.2. The van der Waals surface area contributed by atoms with Crippen LogP contribution in [0.25, 0.3) is 6.08 Å². The molecule has 0 saturated heterocycles. The Labute approximate surface area is 158 Å². The summed E-state index contributed by atoms with van der Waals surface area (Å²) in [5.41, 5.74) is 1.45. The third-order valence-electron chi connectivity index (χ3n) is 4.06. The third kappa shape index (κ3) is 3.20. The Hall–Kier alpha value is -2.73. The van der Waals surface area contributed by atoms with Gasteiger partial charge in [-0.3, -0.25) is 9.69 Å². The van der Waals surface area contributed by atoms with E-state index < -0.39 is 17.7 Å². The molecule has 0 unspecified atom stereocenters. The number of anilines is 1. The van der Waals surface area contributed by atoms with Crippen LogP contribution in [-0.4, -0.2) is 19.0 Å². The lowest BCUT2D eigenvalue weighted by molar-refractivity contribution is -0.136. The van der Waals surface area contributed by atoms with Crippen LogP contribution in [0.1, 0.15) is 12.5 Å². The molecule has 0 saturated carbocycles. The van der Waals surface area contributed by atoms with E-state index in [-0.39, 0.29) is 16.8 Å². The van der Waals surface area contributed by atoms with Gasteiger partial charge in [0.15, 0.2) is 0 Å². The van der Waals surface area contributed by atoms with Gasteiger partial charge in [-0.25, -0.2) is 9.18 Å². The van der Waals surface area contributed by atoms with Crippen LogP contribution < -0.4 is 4.90 Å². The summed E-state index contributed by atoms with van der Waals surface area (Å²) in [7, 11) is 1.25. The lowest BCUT2D eigenvalue weighted by Crippen LogP contribution is -2.25. The number of allylic oxidation sites excluding steroid dienone is 1. The minimum Gasteiger partial charge on any atom is -0.465 e. The molecule has 0 N–H and O–H groups in total. The molecule has 1 aliphatic heterocycles. The van der Waals surface area contributed by atoms with Crippen molar-refractivity contribution in [3.63, 3.8) is 0 Å². The summed E-state index contributed by atoms with van der Waals surface area (Å²) in [4.78, 5) is 26.5. The van der Waals surface area contributed by atoms with Crippen molar-refractivity contribution in [2.75, 3.05) is 12.0 Å². The number of halogens is 2. The van der Waals surface area contributed by atoms with Crippen molar-refractivity contribution < 1.29 is 18.7 Å². The Morgan fingerprint density at radius 1 is 1.15 bits per heavy atom. The van der Waals surface area contributed by atoms with Crippen molar-refractivity contribution in [2.45, 2.75) is 6.92 Å². The Kier molecular flexibility index (Phi) is 5.04. The van der Waals surface area contributed by atoms with Crippen LogP contribution in [-0.2, 0) is 14.3 Å². The molecule has 1 heterocycles. The second kappa shape index (κ2) is 7.25. The smallest absolute Gasteiger partial charge is 0.340 e. The molecule has 0 bridgehead atoms. The molecule has 2 aromatic carbocycles. The normalized spacial score (nSPS) is 15.8. The fourth-order valence-electron chi connectivity index (χ4n) is 2.83. The highest BCUT2D eigenvalue weighted by Crippen LogP contribution is 2.36. The number of carbonyl (C=O) groups is 2. The molecule has 0 atom stereocenters. The van der Waals surface area contributed by atoms with Crippen molar-refractivity contribution in [1.82, 2.24) is 0 Å². The molecule has 0 fully saturated rings. The molecular formula is C20H15BrFNO3. The van der Waals surface area contributed by atoms with Gasteiger partial charge < -0.3 is 4.74 Å². The quantitative estimate of drug-likeness (QED) is 0.548. The first kappa shape index (κ1) is 18.1. The number of nitrogens with zero attached hydrogens (tertiary/aromatic N) is 1. The van der Waals surface area contributed by atoms with Crippen molar-refractivity contribution in [3.8, 4) is 0 Å². The van der Waals surface area contributed by atoms with E-state index >= 15 is 0 Å². The van der Waals surface area contributed by atoms with E-state index in [0.717, 1.165) is 10.0 Å². The van der Waals surface area contributed by atoms with Crippen LogP contribution in [0.15, 0.2) is 69.8 Å². The summed E-state index contributed by atoms with van der Waals surface area (Å²) < 4.78 is 20.0. The standard InChI is InChI=1S/C20H15BrFNO3/c1-12-18(20(25)26-2)15(11-13-7-9-14(21)10-8-13)19(24)23(12)17-6-4-3-5-16(17)22/h3-11H,1-2H3. The number of benzene rings is 2. The number of esters is 1.